The summed E-state index contributed by atoms with van der Waals surface area (Å²) in [5.74, 6) is 2.33. The molecule has 0 bridgehead atoms. The van der Waals surface area contributed by atoms with E-state index in [0.717, 1.165) is 48.0 Å². The van der Waals surface area contributed by atoms with Gasteiger partial charge in [-0.15, -0.1) is 0 Å². The Bertz CT molecular complexity index is 739. The fourth-order valence-corrected chi connectivity index (χ4v) is 2.77. The van der Waals surface area contributed by atoms with Crippen molar-refractivity contribution in [2.75, 3.05) is 39.2 Å². The number of anilines is 1. The second-order valence-corrected chi connectivity index (χ2v) is 6.20. The molecule has 0 atom stereocenters. The van der Waals surface area contributed by atoms with E-state index in [1.165, 1.54) is 5.69 Å². The molecular formula is C20H25N3O2. The van der Waals surface area contributed by atoms with Gasteiger partial charge in [-0.2, -0.15) is 0 Å². The third-order valence-electron chi connectivity index (χ3n) is 4.19. The number of benzene rings is 2. The third-order valence-corrected chi connectivity index (χ3v) is 4.19. The topological polar surface area (TPSA) is 46.1 Å². The first-order valence-electron chi connectivity index (χ1n) is 8.54. The number of nitrogens with zero attached hydrogens (tertiary/aromatic N) is 2. The van der Waals surface area contributed by atoms with Gasteiger partial charge in [-0.1, -0.05) is 18.2 Å². The number of aliphatic imine (C=N–C) groups is 1. The van der Waals surface area contributed by atoms with Crippen LogP contribution in [-0.2, 0) is 6.61 Å². The van der Waals surface area contributed by atoms with Crippen LogP contribution in [-0.4, -0.2) is 40.1 Å². The van der Waals surface area contributed by atoms with Gasteiger partial charge in [0.05, 0.1) is 12.7 Å². The predicted molar refractivity (Wildman–Crippen MR) is 102 cm³/mol. The van der Waals surface area contributed by atoms with Gasteiger partial charge in [-0.3, -0.25) is 4.99 Å². The predicted octanol–water partition coefficient (Wildman–Crippen LogP) is 3.08. The van der Waals surface area contributed by atoms with Crippen molar-refractivity contribution in [1.29, 1.82) is 0 Å². The van der Waals surface area contributed by atoms with Gasteiger partial charge in [0.15, 0.2) is 11.5 Å². The monoisotopic (exact) mass is 339 g/mol. The smallest absolute Gasteiger partial charge is 0.172 e. The number of hydrogen-bond donors (Lipinski definition) is 1. The van der Waals surface area contributed by atoms with Crippen LogP contribution in [0.3, 0.4) is 0 Å². The first-order valence-corrected chi connectivity index (χ1v) is 8.54. The number of nitrogens with one attached hydrogen (secondary N) is 1. The number of rotatable bonds is 6. The molecule has 0 spiro atoms. The molecule has 1 heterocycles. The molecule has 0 amide bonds. The molecule has 5 heteroatoms. The highest BCUT2D eigenvalue weighted by atomic mass is 16.5. The van der Waals surface area contributed by atoms with E-state index in [-0.39, 0.29) is 0 Å². The molecule has 0 saturated heterocycles. The molecular weight excluding hydrogens is 314 g/mol. The Morgan fingerprint density at radius 3 is 2.56 bits per heavy atom. The van der Waals surface area contributed by atoms with Crippen LogP contribution in [0.2, 0.25) is 0 Å². The normalized spacial score (nSPS) is 13.6. The zero-order chi connectivity index (χ0) is 17.6. The van der Waals surface area contributed by atoms with Gasteiger partial charge in [0.25, 0.3) is 0 Å². The van der Waals surface area contributed by atoms with Crippen LogP contribution in [0, 0.1) is 0 Å². The van der Waals surface area contributed by atoms with Crippen LogP contribution < -0.4 is 19.7 Å². The van der Waals surface area contributed by atoms with Crippen molar-refractivity contribution in [1.82, 2.24) is 5.32 Å². The lowest BCUT2D eigenvalue weighted by Crippen LogP contribution is -2.30. The average molecular weight is 339 g/mol. The summed E-state index contributed by atoms with van der Waals surface area (Å²) in [7, 11) is 5.73. The standard InChI is InChI=1S/C20H25N3O2/c1-23(2)16-10-8-15(9-11-16)14-25-19-17(6-4-7-18(19)24-3)20-21-12-5-13-22-20/h4,6-11H,5,12-14H2,1-3H3,(H,21,22). The SMILES string of the molecule is COc1cccc(C2=NCCCN2)c1OCc1ccc(N(C)C)cc1. The Morgan fingerprint density at radius 2 is 1.92 bits per heavy atom. The molecule has 0 aromatic heterocycles. The Morgan fingerprint density at radius 1 is 1.12 bits per heavy atom. The first-order chi connectivity index (χ1) is 12.2. The third kappa shape index (κ3) is 4.05. The Balaban J connectivity index is 1.82. The van der Waals surface area contributed by atoms with Gasteiger partial charge in [0, 0.05) is 32.9 Å². The maximum absolute atomic E-state index is 6.14. The van der Waals surface area contributed by atoms with Crippen molar-refractivity contribution >= 4 is 11.5 Å². The van der Waals surface area contributed by atoms with Crippen LogP contribution in [0.15, 0.2) is 47.5 Å². The average Bonchev–Trinajstić information content (AvgIpc) is 2.67. The van der Waals surface area contributed by atoms with E-state index in [0.29, 0.717) is 6.61 Å². The summed E-state index contributed by atoms with van der Waals surface area (Å²) in [6.07, 6.45) is 1.06. The molecule has 2 aromatic rings. The molecule has 2 aromatic carbocycles. The number of methoxy groups -OCH3 is 1. The Labute approximate surface area is 149 Å². The zero-order valence-electron chi connectivity index (χ0n) is 15.1. The molecule has 25 heavy (non-hydrogen) atoms. The van der Waals surface area contributed by atoms with Crippen molar-refractivity contribution in [3.63, 3.8) is 0 Å². The molecule has 0 saturated carbocycles. The Kier molecular flexibility index (Phi) is 5.43. The van der Waals surface area contributed by atoms with E-state index in [9.17, 15) is 0 Å². The van der Waals surface area contributed by atoms with E-state index >= 15 is 0 Å². The van der Waals surface area contributed by atoms with Crippen LogP contribution in [0.4, 0.5) is 5.69 Å². The van der Waals surface area contributed by atoms with Crippen LogP contribution in [0.25, 0.3) is 0 Å². The second kappa shape index (κ2) is 7.92. The number of amidine groups is 1. The summed E-state index contributed by atoms with van der Waals surface area (Å²) in [5.41, 5.74) is 3.23. The molecule has 0 unspecified atom stereocenters. The summed E-state index contributed by atoms with van der Waals surface area (Å²) < 4.78 is 11.6. The van der Waals surface area contributed by atoms with E-state index in [2.05, 4.69) is 39.5 Å². The largest absolute Gasteiger partial charge is 0.493 e. The number of hydrogen-bond acceptors (Lipinski definition) is 5. The number of para-hydroxylation sites is 1. The second-order valence-electron chi connectivity index (χ2n) is 6.20. The molecule has 1 N–H and O–H groups in total. The highest BCUT2D eigenvalue weighted by Crippen LogP contribution is 2.32. The van der Waals surface area contributed by atoms with Gasteiger partial charge < -0.3 is 19.7 Å². The van der Waals surface area contributed by atoms with Gasteiger partial charge in [0.1, 0.15) is 12.4 Å². The minimum Gasteiger partial charge on any atom is -0.493 e. The van der Waals surface area contributed by atoms with Crippen LogP contribution in [0.5, 0.6) is 11.5 Å². The van der Waals surface area contributed by atoms with Crippen LogP contribution >= 0.6 is 0 Å². The summed E-state index contributed by atoms with van der Waals surface area (Å²) in [6.45, 7) is 2.25. The van der Waals surface area contributed by atoms with E-state index < -0.39 is 0 Å². The highest BCUT2D eigenvalue weighted by molar-refractivity contribution is 6.02. The maximum atomic E-state index is 6.14. The van der Waals surface area contributed by atoms with Crippen molar-refractivity contribution in [2.45, 2.75) is 13.0 Å². The summed E-state index contributed by atoms with van der Waals surface area (Å²) in [4.78, 5) is 6.67. The van der Waals surface area contributed by atoms with E-state index in [1.807, 2.05) is 32.3 Å². The summed E-state index contributed by atoms with van der Waals surface area (Å²) >= 11 is 0. The molecule has 0 aliphatic carbocycles. The first kappa shape index (κ1) is 17.1. The van der Waals surface area contributed by atoms with Crippen molar-refractivity contribution in [3.8, 4) is 11.5 Å². The highest BCUT2D eigenvalue weighted by Gasteiger charge is 2.17. The van der Waals surface area contributed by atoms with Crippen LogP contribution in [0.1, 0.15) is 17.5 Å². The molecule has 1 aliphatic rings. The molecule has 132 valence electrons. The minimum atomic E-state index is 0.481. The van der Waals surface area contributed by atoms with Crippen molar-refractivity contribution in [2.24, 2.45) is 4.99 Å². The maximum Gasteiger partial charge on any atom is 0.172 e. The number of ether oxygens (including phenoxy) is 2. The fourth-order valence-electron chi connectivity index (χ4n) is 2.77. The fraction of sp³-hybridized carbons (Fsp3) is 0.350. The molecule has 0 radical (unpaired) electrons. The molecule has 3 rings (SSSR count). The quantitative estimate of drug-likeness (QED) is 0.878. The summed E-state index contributed by atoms with van der Waals surface area (Å²) in [6, 6.07) is 14.2. The molecule has 0 fully saturated rings. The summed E-state index contributed by atoms with van der Waals surface area (Å²) in [5, 5.41) is 3.35. The lowest BCUT2D eigenvalue weighted by Gasteiger charge is -2.20. The molecule has 5 nitrogen and oxygen atoms in total. The zero-order valence-corrected chi connectivity index (χ0v) is 15.1. The van der Waals surface area contributed by atoms with Gasteiger partial charge in [0.2, 0.25) is 0 Å². The van der Waals surface area contributed by atoms with Gasteiger partial charge >= 0.3 is 0 Å². The Hall–Kier alpha value is -2.69. The van der Waals surface area contributed by atoms with Crippen molar-refractivity contribution in [3.05, 3.63) is 53.6 Å². The van der Waals surface area contributed by atoms with Gasteiger partial charge in [-0.25, -0.2) is 0 Å². The van der Waals surface area contributed by atoms with Gasteiger partial charge in [-0.05, 0) is 36.2 Å². The van der Waals surface area contributed by atoms with E-state index in [4.69, 9.17) is 9.47 Å². The lowest BCUT2D eigenvalue weighted by atomic mass is 10.1. The van der Waals surface area contributed by atoms with E-state index in [1.54, 1.807) is 7.11 Å². The van der Waals surface area contributed by atoms with Crippen molar-refractivity contribution < 1.29 is 9.47 Å². The molecule has 1 aliphatic heterocycles. The lowest BCUT2D eigenvalue weighted by molar-refractivity contribution is 0.284. The minimum absolute atomic E-state index is 0.481.